The zero-order valence-electron chi connectivity index (χ0n) is 29.3. The average molecular weight is 692 g/mol. The van der Waals surface area contributed by atoms with Crippen molar-refractivity contribution in [2.75, 3.05) is 0 Å². The fourth-order valence-corrected chi connectivity index (χ4v) is 6.75. The Bertz CT molecular complexity index is 2650. The first-order valence-electron chi connectivity index (χ1n) is 17.9. The van der Waals surface area contributed by atoms with E-state index in [0.717, 1.165) is 38.9 Å². The summed E-state index contributed by atoms with van der Waals surface area (Å²) in [5, 5.41) is 0. The summed E-state index contributed by atoms with van der Waals surface area (Å²) in [4.78, 5) is 23.0. The molecule has 54 heavy (non-hydrogen) atoms. The normalized spacial score (nSPS) is 11.0. The summed E-state index contributed by atoms with van der Waals surface area (Å²) < 4.78 is 0. The molecule has 0 amide bonds. The molecule has 9 rings (SSSR count). The molecule has 0 atom stereocenters. The van der Waals surface area contributed by atoms with Gasteiger partial charge in [0.1, 0.15) is 0 Å². The first kappa shape index (κ1) is 32.5. The molecule has 0 aliphatic rings. The number of nitrogens with zero attached hydrogens (tertiary/aromatic N) is 5. The molecular weight excluding hydrogens is 659 g/mol. The van der Waals surface area contributed by atoms with Gasteiger partial charge in [-0.05, 0) is 110 Å². The van der Waals surface area contributed by atoms with Crippen molar-refractivity contribution in [1.82, 2.24) is 24.9 Å². The molecule has 5 heteroatoms. The molecule has 0 spiro atoms. The van der Waals surface area contributed by atoms with E-state index in [4.69, 9.17) is 15.0 Å². The van der Waals surface area contributed by atoms with E-state index in [0.29, 0.717) is 17.5 Å². The van der Waals surface area contributed by atoms with Crippen LogP contribution in [0.25, 0.3) is 89.8 Å². The van der Waals surface area contributed by atoms with E-state index in [1.807, 2.05) is 30.3 Å². The number of hydrogen-bond donors (Lipinski definition) is 0. The Morgan fingerprint density at radius 1 is 0.204 bits per heavy atom. The lowest BCUT2D eigenvalue weighted by Crippen LogP contribution is -2.00. The second kappa shape index (κ2) is 14.7. The highest BCUT2D eigenvalue weighted by Gasteiger charge is 2.14. The van der Waals surface area contributed by atoms with Gasteiger partial charge in [0.05, 0.1) is 0 Å². The molecule has 3 heterocycles. The van der Waals surface area contributed by atoms with Crippen LogP contribution in [0.5, 0.6) is 0 Å². The first-order chi connectivity index (χ1) is 26.7. The summed E-state index contributed by atoms with van der Waals surface area (Å²) in [6.07, 6.45) is 6.99. The number of rotatable bonds is 8. The third-order valence-electron chi connectivity index (χ3n) is 9.52. The van der Waals surface area contributed by atoms with Gasteiger partial charge in [-0.1, -0.05) is 121 Å². The first-order valence-corrected chi connectivity index (χ1v) is 17.9. The van der Waals surface area contributed by atoms with Crippen molar-refractivity contribution < 1.29 is 0 Å². The number of aromatic nitrogens is 5. The van der Waals surface area contributed by atoms with Crippen molar-refractivity contribution in [3.8, 4) is 89.8 Å². The summed E-state index contributed by atoms with van der Waals surface area (Å²) in [7, 11) is 0. The predicted molar refractivity (Wildman–Crippen MR) is 219 cm³/mol. The van der Waals surface area contributed by atoms with Crippen LogP contribution in [0.2, 0.25) is 0 Å². The summed E-state index contributed by atoms with van der Waals surface area (Å²) in [6.45, 7) is 0. The van der Waals surface area contributed by atoms with Crippen LogP contribution < -0.4 is 0 Å². The van der Waals surface area contributed by atoms with Crippen LogP contribution >= 0.6 is 0 Å². The minimum absolute atomic E-state index is 0.590. The second-order valence-corrected chi connectivity index (χ2v) is 13.0. The van der Waals surface area contributed by atoms with Gasteiger partial charge in [0, 0.05) is 41.5 Å². The maximum atomic E-state index is 4.92. The monoisotopic (exact) mass is 691 g/mol. The second-order valence-electron chi connectivity index (χ2n) is 13.0. The maximum Gasteiger partial charge on any atom is 0.164 e. The molecule has 5 nitrogen and oxygen atoms in total. The van der Waals surface area contributed by atoms with Crippen molar-refractivity contribution in [2.45, 2.75) is 0 Å². The Hall–Kier alpha value is -7.37. The quantitative estimate of drug-likeness (QED) is 0.159. The highest BCUT2D eigenvalue weighted by molar-refractivity contribution is 5.81. The van der Waals surface area contributed by atoms with Crippen molar-refractivity contribution >= 4 is 0 Å². The minimum Gasteiger partial charge on any atom is -0.265 e. The molecule has 0 saturated carbocycles. The molecule has 9 aromatic rings. The third kappa shape index (κ3) is 6.94. The van der Waals surface area contributed by atoms with Crippen molar-refractivity contribution in [1.29, 1.82) is 0 Å². The SMILES string of the molecule is c1ccc(-c2cccc(-c3cccc(-c4cccc(-c5cccc(-c6cccc(-c7nc(-c8ccncc8)nc(-c8ccncc8)n7)c6)c5)c4)c3)c2)cc1. The van der Waals surface area contributed by atoms with Crippen LogP contribution in [0.15, 0.2) is 201 Å². The molecule has 0 N–H and O–H groups in total. The van der Waals surface area contributed by atoms with Gasteiger partial charge < -0.3 is 0 Å². The largest absolute Gasteiger partial charge is 0.265 e. The van der Waals surface area contributed by atoms with Gasteiger partial charge in [0.15, 0.2) is 17.5 Å². The summed E-state index contributed by atoms with van der Waals surface area (Å²) in [6, 6.07) is 61.6. The number of pyridine rings is 2. The Labute approximate surface area is 314 Å². The van der Waals surface area contributed by atoms with E-state index in [9.17, 15) is 0 Å². The predicted octanol–water partition coefficient (Wildman–Crippen LogP) is 12.0. The average Bonchev–Trinajstić information content (AvgIpc) is 3.27. The summed E-state index contributed by atoms with van der Waals surface area (Å²) in [5.41, 5.74) is 14.3. The molecule has 6 aromatic carbocycles. The summed E-state index contributed by atoms with van der Waals surface area (Å²) >= 11 is 0. The van der Waals surface area contributed by atoms with E-state index in [-0.39, 0.29) is 0 Å². The van der Waals surface area contributed by atoms with Gasteiger partial charge in [-0.15, -0.1) is 0 Å². The smallest absolute Gasteiger partial charge is 0.164 e. The molecule has 0 aliphatic heterocycles. The molecule has 0 saturated heterocycles. The molecule has 3 aromatic heterocycles. The van der Waals surface area contributed by atoms with Gasteiger partial charge in [0.2, 0.25) is 0 Å². The highest BCUT2D eigenvalue weighted by Crippen LogP contribution is 2.34. The third-order valence-corrected chi connectivity index (χ3v) is 9.52. The fourth-order valence-electron chi connectivity index (χ4n) is 6.75. The van der Waals surface area contributed by atoms with Crippen molar-refractivity contribution in [3.63, 3.8) is 0 Å². The molecule has 0 fully saturated rings. The van der Waals surface area contributed by atoms with Crippen LogP contribution in [-0.2, 0) is 0 Å². The fraction of sp³-hybridized carbons (Fsp3) is 0. The van der Waals surface area contributed by atoms with E-state index >= 15 is 0 Å². The van der Waals surface area contributed by atoms with Gasteiger partial charge >= 0.3 is 0 Å². The lowest BCUT2D eigenvalue weighted by atomic mass is 9.94. The number of benzene rings is 6. The zero-order chi connectivity index (χ0) is 36.1. The van der Waals surface area contributed by atoms with Crippen LogP contribution in [0, 0.1) is 0 Å². The van der Waals surface area contributed by atoms with Gasteiger partial charge in [-0.25, -0.2) is 15.0 Å². The van der Waals surface area contributed by atoms with Crippen LogP contribution in [-0.4, -0.2) is 24.9 Å². The Balaban J connectivity index is 1.03. The van der Waals surface area contributed by atoms with E-state index in [2.05, 4.69) is 156 Å². The standard InChI is InChI=1S/C49H33N5/c1-2-9-34(10-3-1)37-11-4-12-38(29-37)39-13-5-14-40(30-39)41-15-6-16-42(31-41)43-17-7-18-44(32-43)45-19-8-20-46(33-45)49-53-47(35-21-25-50-26-22-35)52-48(54-49)36-23-27-51-28-24-36/h1-33H. The zero-order valence-corrected chi connectivity index (χ0v) is 29.3. The highest BCUT2D eigenvalue weighted by atomic mass is 15.0. The van der Waals surface area contributed by atoms with Crippen LogP contribution in [0.4, 0.5) is 0 Å². The lowest BCUT2D eigenvalue weighted by Gasteiger charge is -2.11. The van der Waals surface area contributed by atoms with Crippen LogP contribution in [0.3, 0.4) is 0 Å². The minimum atomic E-state index is 0.590. The molecule has 0 radical (unpaired) electrons. The molecule has 254 valence electrons. The molecule has 0 aliphatic carbocycles. The van der Waals surface area contributed by atoms with E-state index in [1.165, 1.54) is 33.4 Å². The molecule has 0 bridgehead atoms. The Morgan fingerprint density at radius 3 is 0.815 bits per heavy atom. The Kier molecular flexibility index (Phi) is 8.86. The van der Waals surface area contributed by atoms with Crippen LogP contribution in [0.1, 0.15) is 0 Å². The molecule has 0 unspecified atom stereocenters. The van der Waals surface area contributed by atoms with Gasteiger partial charge in [-0.2, -0.15) is 0 Å². The van der Waals surface area contributed by atoms with Gasteiger partial charge in [0.25, 0.3) is 0 Å². The Morgan fingerprint density at radius 2 is 0.463 bits per heavy atom. The summed E-state index contributed by atoms with van der Waals surface area (Å²) in [5.74, 6) is 1.78. The maximum absolute atomic E-state index is 4.92. The molecular formula is C49H33N5. The van der Waals surface area contributed by atoms with Crippen molar-refractivity contribution in [3.05, 3.63) is 201 Å². The lowest BCUT2D eigenvalue weighted by molar-refractivity contribution is 1.07. The van der Waals surface area contributed by atoms with Gasteiger partial charge in [-0.3, -0.25) is 9.97 Å². The van der Waals surface area contributed by atoms with E-state index in [1.54, 1.807) is 24.8 Å². The van der Waals surface area contributed by atoms with Crippen molar-refractivity contribution in [2.24, 2.45) is 0 Å². The topological polar surface area (TPSA) is 64.5 Å². The number of hydrogen-bond acceptors (Lipinski definition) is 5. The van der Waals surface area contributed by atoms with E-state index < -0.39 is 0 Å².